The van der Waals surface area contributed by atoms with Gasteiger partial charge in [-0.1, -0.05) is 48.0 Å². The molecule has 1 heterocycles. The van der Waals surface area contributed by atoms with Crippen LogP contribution in [0.15, 0.2) is 77.7 Å². The molecular formula is C32H38ClN3O5S. The Morgan fingerprint density at radius 3 is 2.10 bits per heavy atom. The summed E-state index contributed by atoms with van der Waals surface area (Å²) in [5.41, 5.74) is 2.78. The number of methoxy groups -OCH3 is 1. The molecule has 4 rings (SSSR count). The van der Waals surface area contributed by atoms with Gasteiger partial charge in [-0.05, 0) is 85.7 Å². The molecule has 1 aliphatic rings. The molecule has 0 aromatic heterocycles. The number of nitrogens with zero attached hydrogens (tertiary/aromatic N) is 2. The van der Waals surface area contributed by atoms with Crippen molar-refractivity contribution in [3.63, 3.8) is 0 Å². The molecule has 0 unspecified atom stereocenters. The van der Waals surface area contributed by atoms with Crippen LogP contribution in [0.4, 0.5) is 0 Å². The summed E-state index contributed by atoms with van der Waals surface area (Å²) >= 11 is 6.05. The molecule has 42 heavy (non-hydrogen) atoms. The van der Waals surface area contributed by atoms with Gasteiger partial charge in [0.05, 0.1) is 12.0 Å². The molecule has 1 aliphatic heterocycles. The van der Waals surface area contributed by atoms with Crippen molar-refractivity contribution in [2.45, 2.75) is 56.5 Å². The van der Waals surface area contributed by atoms with E-state index in [0.717, 1.165) is 35.3 Å². The van der Waals surface area contributed by atoms with Crippen LogP contribution in [0.2, 0.25) is 5.02 Å². The van der Waals surface area contributed by atoms with Crippen LogP contribution in [-0.4, -0.2) is 62.2 Å². The van der Waals surface area contributed by atoms with Crippen LogP contribution in [0.5, 0.6) is 5.75 Å². The summed E-state index contributed by atoms with van der Waals surface area (Å²) in [4.78, 5) is 28.5. The van der Waals surface area contributed by atoms with E-state index in [1.165, 1.54) is 4.31 Å². The summed E-state index contributed by atoms with van der Waals surface area (Å²) in [6, 6.07) is 20.9. The van der Waals surface area contributed by atoms with E-state index in [9.17, 15) is 18.0 Å². The standard InChI is InChI=1S/C32H38ClN3O5S/c1-24(32(38)34-20-19-26-7-14-29(41-2)15-8-26)36(23-27-5-12-28(33)13-6-27)31(37)18-11-25-9-16-30(17-10-25)42(39,40)35-21-3-4-22-35/h5-10,12-17,24H,3-4,11,18-23H2,1-2H3,(H,34,38)/t24-/m0/s1. The van der Waals surface area contributed by atoms with Gasteiger partial charge in [-0.3, -0.25) is 9.59 Å². The predicted octanol–water partition coefficient (Wildman–Crippen LogP) is 4.84. The van der Waals surface area contributed by atoms with Crippen LogP contribution >= 0.6 is 11.6 Å². The predicted molar refractivity (Wildman–Crippen MR) is 164 cm³/mol. The number of hydrogen-bond donors (Lipinski definition) is 1. The van der Waals surface area contributed by atoms with E-state index in [2.05, 4.69) is 5.32 Å². The van der Waals surface area contributed by atoms with Gasteiger partial charge in [0.25, 0.3) is 0 Å². The van der Waals surface area contributed by atoms with Gasteiger partial charge in [0.15, 0.2) is 0 Å². The van der Waals surface area contributed by atoms with Gasteiger partial charge in [0.2, 0.25) is 21.8 Å². The molecule has 1 atom stereocenters. The minimum atomic E-state index is -3.49. The molecule has 3 aromatic rings. The molecule has 224 valence electrons. The zero-order chi connectivity index (χ0) is 30.1. The van der Waals surface area contributed by atoms with Crippen molar-refractivity contribution in [3.8, 4) is 5.75 Å². The lowest BCUT2D eigenvalue weighted by atomic mass is 10.1. The van der Waals surface area contributed by atoms with Crippen LogP contribution in [0, 0.1) is 0 Å². The summed E-state index contributed by atoms with van der Waals surface area (Å²) in [6.07, 6.45) is 3.01. The Balaban J connectivity index is 1.38. The number of carbonyl (C=O) groups excluding carboxylic acids is 2. The largest absolute Gasteiger partial charge is 0.497 e. The highest BCUT2D eigenvalue weighted by Crippen LogP contribution is 2.22. The summed E-state index contributed by atoms with van der Waals surface area (Å²) in [7, 11) is -1.87. The second-order valence-electron chi connectivity index (χ2n) is 10.5. The number of amides is 2. The first-order valence-corrected chi connectivity index (χ1v) is 16.0. The van der Waals surface area contributed by atoms with Gasteiger partial charge >= 0.3 is 0 Å². The second kappa shape index (κ2) is 14.7. The van der Waals surface area contributed by atoms with Crippen molar-refractivity contribution in [1.82, 2.24) is 14.5 Å². The molecule has 10 heteroatoms. The van der Waals surface area contributed by atoms with Crippen molar-refractivity contribution in [2.75, 3.05) is 26.7 Å². The number of benzene rings is 3. The van der Waals surface area contributed by atoms with Crippen LogP contribution in [0.3, 0.4) is 0 Å². The van der Waals surface area contributed by atoms with Gasteiger partial charge in [0.1, 0.15) is 11.8 Å². The Morgan fingerprint density at radius 1 is 0.905 bits per heavy atom. The normalized spacial score (nSPS) is 14.4. The first-order chi connectivity index (χ1) is 20.2. The van der Waals surface area contributed by atoms with E-state index in [0.29, 0.717) is 37.5 Å². The number of halogens is 1. The number of sulfonamides is 1. The molecule has 1 N–H and O–H groups in total. The Hall–Kier alpha value is -3.40. The van der Waals surface area contributed by atoms with Gasteiger partial charge in [-0.2, -0.15) is 4.31 Å². The van der Waals surface area contributed by atoms with Crippen molar-refractivity contribution >= 4 is 33.4 Å². The molecule has 1 saturated heterocycles. The molecule has 0 saturated carbocycles. The van der Waals surface area contributed by atoms with E-state index >= 15 is 0 Å². The lowest BCUT2D eigenvalue weighted by Gasteiger charge is -2.29. The maximum atomic E-state index is 13.5. The molecule has 0 spiro atoms. The third-order valence-corrected chi connectivity index (χ3v) is 9.72. The maximum Gasteiger partial charge on any atom is 0.243 e. The van der Waals surface area contributed by atoms with Crippen molar-refractivity contribution in [3.05, 3.63) is 94.5 Å². The molecule has 1 fully saturated rings. The van der Waals surface area contributed by atoms with Gasteiger partial charge in [-0.25, -0.2) is 8.42 Å². The maximum absolute atomic E-state index is 13.5. The SMILES string of the molecule is COc1ccc(CCNC(=O)[C@H](C)N(Cc2ccc(Cl)cc2)C(=O)CCc2ccc(S(=O)(=O)N3CCCC3)cc2)cc1. The summed E-state index contributed by atoms with van der Waals surface area (Å²) in [5.74, 6) is 0.370. The third kappa shape index (κ3) is 8.33. The third-order valence-electron chi connectivity index (χ3n) is 7.56. The molecule has 8 nitrogen and oxygen atoms in total. The van der Waals surface area contributed by atoms with Crippen LogP contribution in [-0.2, 0) is 39.0 Å². The highest BCUT2D eigenvalue weighted by molar-refractivity contribution is 7.89. The van der Waals surface area contributed by atoms with Gasteiger partial charge < -0.3 is 15.0 Å². The zero-order valence-electron chi connectivity index (χ0n) is 24.1. The number of nitrogens with one attached hydrogen (secondary N) is 1. The fourth-order valence-corrected chi connectivity index (χ4v) is 6.58. The quantitative estimate of drug-likeness (QED) is 0.298. The Morgan fingerprint density at radius 2 is 1.48 bits per heavy atom. The van der Waals surface area contributed by atoms with E-state index in [4.69, 9.17) is 16.3 Å². The molecule has 3 aromatic carbocycles. The zero-order valence-corrected chi connectivity index (χ0v) is 25.7. The van der Waals surface area contributed by atoms with Crippen LogP contribution in [0.25, 0.3) is 0 Å². The minimum Gasteiger partial charge on any atom is -0.497 e. The van der Waals surface area contributed by atoms with E-state index in [1.54, 1.807) is 55.3 Å². The number of hydrogen-bond acceptors (Lipinski definition) is 5. The van der Waals surface area contributed by atoms with Crippen LogP contribution in [0.1, 0.15) is 42.9 Å². The Bertz CT molecular complexity index is 1440. The van der Waals surface area contributed by atoms with Crippen molar-refractivity contribution in [1.29, 1.82) is 0 Å². The molecule has 2 amide bonds. The van der Waals surface area contributed by atoms with Crippen molar-refractivity contribution < 1.29 is 22.7 Å². The average Bonchev–Trinajstić information content (AvgIpc) is 3.56. The van der Waals surface area contributed by atoms with E-state index in [1.807, 2.05) is 36.4 Å². The number of carbonyl (C=O) groups is 2. The summed E-state index contributed by atoms with van der Waals surface area (Å²) in [5, 5.41) is 3.55. The fraction of sp³-hybridized carbons (Fsp3) is 0.375. The first kappa shape index (κ1) is 31.5. The van der Waals surface area contributed by atoms with Gasteiger partial charge in [-0.15, -0.1) is 0 Å². The van der Waals surface area contributed by atoms with Gasteiger partial charge in [0, 0.05) is 37.6 Å². The molecule has 0 radical (unpaired) electrons. The summed E-state index contributed by atoms with van der Waals surface area (Å²) < 4.78 is 32.4. The number of rotatable bonds is 13. The topological polar surface area (TPSA) is 96.0 Å². The Kier molecular flexibility index (Phi) is 11.0. The van der Waals surface area contributed by atoms with E-state index in [-0.39, 0.29) is 29.7 Å². The molecular weight excluding hydrogens is 574 g/mol. The Labute approximate surface area is 253 Å². The summed E-state index contributed by atoms with van der Waals surface area (Å²) in [6.45, 7) is 3.53. The number of aryl methyl sites for hydroxylation is 1. The monoisotopic (exact) mass is 611 g/mol. The minimum absolute atomic E-state index is 0.170. The van der Waals surface area contributed by atoms with Crippen LogP contribution < -0.4 is 10.1 Å². The highest BCUT2D eigenvalue weighted by atomic mass is 35.5. The smallest absolute Gasteiger partial charge is 0.243 e. The second-order valence-corrected chi connectivity index (χ2v) is 12.8. The molecule has 0 bridgehead atoms. The fourth-order valence-electron chi connectivity index (χ4n) is 4.94. The van der Waals surface area contributed by atoms with E-state index < -0.39 is 16.1 Å². The first-order valence-electron chi connectivity index (χ1n) is 14.2. The number of ether oxygens (including phenoxy) is 1. The highest BCUT2D eigenvalue weighted by Gasteiger charge is 2.28. The lowest BCUT2D eigenvalue weighted by Crippen LogP contribution is -2.48. The van der Waals surface area contributed by atoms with Crippen molar-refractivity contribution in [2.24, 2.45) is 0 Å². The molecule has 0 aliphatic carbocycles. The lowest BCUT2D eigenvalue weighted by molar-refractivity contribution is -0.140. The average molecular weight is 612 g/mol.